The molecule has 1 rings (SSSR count). The maximum absolute atomic E-state index is 5.79. The van der Waals surface area contributed by atoms with Crippen molar-refractivity contribution < 1.29 is 0 Å². The van der Waals surface area contributed by atoms with Crippen LogP contribution >= 0.6 is 11.6 Å². The van der Waals surface area contributed by atoms with Crippen LogP contribution < -0.4 is 0 Å². The molecule has 0 aromatic carbocycles. The summed E-state index contributed by atoms with van der Waals surface area (Å²) in [6.45, 7) is 4.64. The summed E-state index contributed by atoms with van der Waals surface area (Å²) in [4.78, 5) is 2.58. The van der Waals surface area contributed by atoms with Crippen LogP contribution in [0.2, 0.25) is 0 Å². The highest BCUT2D eigenvalue weighted by Crippen LogP contribution is 2.26. The minimum absolute atomic E-state index is 0.797. The van der Waals surface area contributed by atoms with Crippen LogP contribution in [0.3, 0.4) is 0 Å². The molecule has 0 aromatic heterocycles. The molecule has 0 saturated heterocycles. The van der Waals surface area contributed by atoms with Crippen molar-refractivity contribution in [2.24, 2.45) is 0 Å². The van der Waals surface area contributed by atoms with Gasteiger partial charge in [-0.25, -0.2) is 0 Å². The molecule has 0 heterocycles. The highest BCUT2D eigenvalue weighted by Gasteiger charge is 2.27. The van der Waals surface area contributed by atoms with Crippen LogP contribution in [0.4, 0.5) is 0 Å². The molecule has 0 atom stereocenters. The first-order valence-electron chi connectivity index (χ1n) is 6.18. The number of halogens is 1. The quantitative estimate of drug-likeness (QED) is 0.421. The third-order valence-electron chi connectivity index (χ3n) is 2.98. The van der Waals surface area contributed by atoms with Crippen molar-refractivity contribution in [2.45, 2.75) is 57.9 Å². The van der Waals surface area contributed by atoms with E-state index in [1.165, 1.54) is 51.5 Å². The van der Waals surface area contributed by atoms with Crippen molar-refractivity contribution in [3.8, 4) is 0 Å². The first-order valence-corrected chi connectivity index (χ1v) is 6.72. The van der Waals surface area contributed by atoms with Gasteiger partial charge in [-0.15, -0.1) is 11.6 Å². The lowest BCUT2D eigenvalue weighted by atomic mass is 10.1. The summed E-state index contributed by atoms with van der Waals surface area (Å²) in [5.41, 5.74) is 0. The number of hydrogen-bond acceptors (Lipinski definition) is 1. The summed E-state index contributed by atoms with van der Waals surface area (Å²) in [6, 6.07) is 0.889. The van der Waals surface area contributed by atoms with Gasteiger partial charge >= 0.3 is 0 Å². The number of hydrogen-bond donors (Lipinski definition) is 0. The van der Waals surface area contributed by atoms with Crippen LogP contribution in [-0.2, 0) is 0 Å². The number of rotatable bonds is 9. The van der Waals surface area contributed by atoms with Crippen molar-refractivity contribution in [3.63, 3.8) is 0 Å². The maximum atomic E-state index is 5.79. The Bertz CT molecular complexity index is 134. The Kier molecular flexibility index (Phi) is 6.63. The molecule has 0 aromatic rings. The summed E-state index contributed by atoms with van der Waals surface area (Å²) in [6.07, 6.45) is 9.74. The van der Waals surface area contributed by atoms with Crippen molar-refractivity contribution in [1.29, 1.82) is 0 Å². The van der Waals surface area contributed by atoms with E-state index in [4.69, 9.17) is 11.6 Å². The largest absolute Gasteiger partial charge is 0.299 e. The average molecular weight is 218 g/mol. The van der Waals surface area contributed by atoms with Crippen LogP contribution in [0, 0.1) is 0 Å². The van der Waals surface area contributed by atoms with E-state index >= 15 is 0 Å². The van der Waals surface area contributed by atoms with Crippen LogP contribution in [0.5, 0.6) is 0 Å². The topological polar surface area (TPSA) is 3.24 Å². The van der Waals surface area contributed by atoms with Crippen molar-refractivity contribution >= 4 is 11.6 Å². The maximum Gasteiger partial charge on any atom is 0.0351 e. The lowest BCUT2D eigenvalue weighted by molar-refractivity contribution is 0.272. The second-order valence-corrected chi connectivity index (χ2v) is 4.75. The highest BCUT2D eigenvalue weighted by molar-refractivity contribution is 6.18. The first kappa shape index (κ1) is 12.3. The smallest absolute Gasteiger partial charge is 0.0351 e. The number of nitrogens with zero attached hydrogens (tertiary/aromatic N) is 1. The Morgan fingerprint density at radius 1 is 1.07 bits per heavy atom. The zero-order valence-electron chi connectivity index (χ0n) is 9.47. The Morgan fingerprint density at radius 2 is 1.79 bits per heavy atom. The van der Waals surface area contributed by atoms with E-state index in [0.29, 0.717) is 0 Å². The second-order valence-electron chi connectivity index (χ2n) is 4.37. The summed E-state index contributed by atoms with van der Waals surface area (Å²) in [5.74, 6) is 0.797. The van der Waals surface area contributed by atoms with Crippen molar-refractivity contribution in [3.05, 3.63) is 0 Å². The molecular formula is C12H24ClN. The molecule has 0 radical (unpaired) electrons. The molecule has 0 bridgehead atoms. The summed E-state index contributed by atoms with van der Waals surface area (Å²) < 4.78 is 0. The van der Waals surface area contributed by atoms with Gasteiger partial charge in [-0.3, -0.25) is 4.90 Å². The SMILES string of the molecule is CCCCCCCN(CCCl)C1CC1. The van der Waals surface area contributed by atoms with E-state index in [1.54, 1.807) is 0 Å². The minimum atomic E-state index is 0.797. The van der Waals surface area contributed by atoms with E-state index < -0.39 is 0 Å². The van der Waals surface area contributed by atoms with E-state index in [2.05, 4.69) is 11.8 Å². The van der Waals surface area contributed by atoms with Gasteiger partial charge in [0.25, 0.3) is 0 Å². The highest BCUT2D eigenvalue weighted by atomic mass is 35.5. The predicted molar refractivity (Wildman–Crippen MR) is 64.1 cm³/mol. The molecule has 0 amide bonds. The Hall–Kier alpha value is 0.250. The van der Waals surface area contributed by atoms with Crippen LogP contribution in [-0.4, -0.2) is 29.9 Å². The van der Waals surface area contributed by atoms with Gasteiger partial charge in [-0.1, -0.05) is 32.6 Å². The van der Waals surface area contributed by atoms with Crippen molar-refractivity contribution in [2.75, 3.05) is 19.0 Å². The summed E-state index contributed by atoms with van der Waals surface area (Å²) >= 11 is 5.79. The van der Waals surface area contributed by atoms with Crippen LogP contribution in [0.25, 0.3) is 0 Å². The van der Waals surface area contributed by atoms with E-state index in [-0.39, 0.29) is 0 Å². The second kappa shape index (κ2) is 7.53. The normalized spacial score (nSPS) is 16.5. The molecule has 84 valence electrons. The average Bonchev–Trinajstić information content (AvgIpc) is 2.99. The van der Waals surface area contributed by atoms with Crippen LogP contribution in [0.1, 0.15) is 51.9 Å². The molecule has 0 unspecified atom stereocenters. The Morgan fingerprint density at radius 3 is 2.36 bits per heavy atom. The Labute approximate surface area is 93.8 Å². The number of unbranched alkanes of at least 4 members (excludes halogenated alkanes) is 4. The molecule has 1 saturated carbocycles. The molecule has 2 heteroatoms. The van der Waals surface area contributed by atoms with Gasteiger partial charge in [-0.2, -0.15) is 0 Å². The first-order chi connectivity index (χ1) is 6.88. The molecule has 14 heavy (non-hydrogen) atoms. The van der Waals surface area contributed by atoms with Gasteiger partial charge in [0.05, 0.1) is 0 Å². The molecule has 1 aliphatic carbocycles. The van der Waals surface area contributed by atoms with Crippen LogP contribution in [0.15, 0.2) is 0 Å². The van der Waals surface area contributed by atoms with Gasteiger partial charge in [0.2, 0.25) is 0 Å². The zero-order chi connectivity index (χ0) is 10.2. The lowest BCUT2D eigenvalue weighted by Crippen LogP contribution is -2.29. The fourth-order valence-electron chi connectivity index (χ4n) is 1.94. The monoisotopic (exact) mass is 217 g/mol. The Balaban J connectivity index is 1.96. The molecule has 0 spiro atoms. The zero-order valence-corrected chi connectivity index (χ0v) is 10.2. The van der Waals surface area contributed by atoms with Gasteiger partial charge in [0, 0.05) is 18.5 Å². The van der Waals surface area contributed by atoms with Gasteiger partial charge in [-0.05, 0) is 25.8 Å². The number of alkyl halides is 1. The summed E-state index contributed by atoms with van der Waals surface area (Å²) in [5, 5.41) is 0. The molecule has 1 fully saturated rings. The van der Waals surface area contributed by atoms with Crippen molar-refractivity contribution in [1.82, 2.24) is 4.90 Å². The van der Waals surface area contributed by atoms with E-state index in [9.17, 15) is 0 Å². The molecule has 0 aliphatic heterocycles. The fourth-order valence-corrected chi connectivity index (χ4v) is 2.16. The predicted octanol–water partition coefficient (Wildman–Crippen LogP) is 3.66. The standard InChI is InChI=1S/C12H24ClN/c1-2-3-4-5-6-10-14(11-9-13)12-7-8-12/h12H,2-11H2,1H3. The van der Waals surface area contributed by atoms with Gasteiger partial charge < -0.3 is 0 Å². The van der Waals surface area contributed by atoms with E-state index in [0.717, 1.165) is 18.5 Å². The fraction of sp³-hybridized carbons (Fsp3) is 1.00. The molecule has 1 nitrogen and oxygen atoms in total. The van der Waals surface area contributed by atoms with Gasteiger partial charge in [0.1, 0.15) is 0 Å². The molecule has 0 N–H and O–H groups in total. The third kappa shape index (κ3) is 5.21. The minimum Gasteiger partial charge on any atom is -0.299 e. The third-order valence-corrected chi connectivity index (χ3v) is 3.15. The van der Waals surface area contributed by atoms with Gasteiger partial charge in [0.15, 0.2) is 0 Å². The molecular weight excluding hydrogens is 194 g/mol. The lowest BCUT2D eigenvalue weighted by Gasteiger charge is -2.20. The van der Waals surface area contributed by atoms with E-state index in [1.807, 2.05) is 0 Å². The summed E-state index contributed by atoms with van der Waals surface area (Å²) in [7, 11) is 0. The molecule has 1 aliphatic rings.